The number of benzene rings is 1. The molecule has 5 nitrogen and oxygen atoms in total. The number of hydrazone groups is 1. The van der Waals surface area contributed by atoms with Crippen molar-refractivity contribution in [2.24, 2.45) is 5.10 Å². The summed E-state index contributed by atoms with van der Waals surface area (Å²) in [5.74, 6) is 1.24. The molecule has 132 valence electrons. The largest absolute Gasteiger partial charge is 0.455 e. The van der Waals surface area contributed by atoms with Crippen LogP contribution in [-0.2, 0) is 4.79 Å². The van der Waals surface area contributed by atoms with Gasteiger partial charge in [-0.3, -0.25) is 4.79 Å². The minimum atomic E-state index is -0.0775. The maximum Gasteiger partial charge on any atom is 0.241 e. The first-order chi connectivity index (χ1) is 12.2. The number of piperidine rings is 1. The number of rotatable bonds is 6. The molecule has 0 atom stereocenters. The molecule has 0 bridgehead atoms. The van der Waals surface area contributed by atoms with E-state index < -0.39 is 0 Å². The number of halogens is 1. The zero-order valence-electron chi connectivity index (χ0n) is 14.1. The Balaban J connectivity index is 1.45. The maximum absolute atomic E-state index is 11.8. The van der Waals surface area contributed by atoms with Gasteiger partial charge in [-0.15, -0.1) is 0 Å². The summed E-state index contributed by atoms with van der Waals surface area (Å²) < 4.78 is 5.69. The molecule has 1 aromatic heterocycles. The van der Waals surface area contributed by atoms with Crippen LogP contribution in [0.1, 0.15) is 31.4 Å². The molecule has 2 heterocycles. The molecule has 2 aromatic rings. The molecule has 0 aliphatic carbocycles. The molecule has 1 N–H and O–H groups in total. The van der Waals surface area contributed by atoms with E-state index in [1.54, 1.807) is 0 Å². The van der Waals surface area contributed by atoms with Crippen LogP contribution in [0, 0.1) is 0 Å². The second-order valence-corrected chi connectivity index (χ2v) is 6.59. The van der Waals surface area contributed by atoms with Crippen LogP contribution in [0.5, 0.6) is 0 Å². The van der Waals surface area contributed by atoms with Crippen molar-refractivity contribution in [3.05, 3.63) is 47.2 Å². The Morgan fingerprint density at radius 2 is 1.92 bits per heavy atom. The molecular weight excluding hydrogens is 338 g/mol. The molecular formula is C19H22ClN3O2. The van der Waals surface area contributed by atoms with E-state index in [1.807, 2.05) is 36.4 Å². The number of likely N-dealkylation sites (tertiary alicyclic amines) is 1. The molecule has 0 unspecified atom stereocenters. The fourth-order valence-corrected chi connectivity index (χ4v) is 2.98. The molecule has 1 aromatic carbocycles. The van der Waals surface area contributed by atoms with Crippen LogP contribution in [0.2, 0.25) is 5.02 Å². The Bertz CT molecular complexity index is 719. The standard InChI is InChI=1S/C19H22ClN3O2/c20-16-6-4-15(5-7-16)18-9-8-17(25-18)14-21-22-19(24)10-13-23-11-2-1-3-12-23/h4-9,14H,1-3,10-13H2,(H,22,24)/b21-14+. The SMILES string of the molecule is O=C(CCN1CCCCC1)N/N=C/c1ccc(-c2ccc(Cl)cc2)o1. The van der Waals surface area contributed by atoms with Gasteiger partial charge < -0.3 is 9.32 Å². The lowest BCUT2D eigenvalue weighted by molar-refractivity contribution is -0.121. The molecule has 0 spiro atoms. The van der Waals surface area contributed by atoms with Crippen LogP contribution >= 0.6 is 11.6 Å². The van der Waals surface area contributed by atoms with Gasteiger partial charge in [-0.2, -0.15) is 5.10 Å². The third-order valence-corrected chi connectivity index (χ3v) is 4.49. The van der Waals surface area contributed by atoms with Gasteiger partial charge in [0.2, 0.25) is 5.91 Å². The van der Waals surface area contributed by atoms with Crippen LogP contribution in [-0.4, -0.2) is 36.7 Å². The fourth-order valence-electron chi connectivity index (χ4n) is 2.86. The molecule has 1 saturated heterocycles. The average Bonchev–Trinajstić information content (AvgIpc) is 3.10. The number of carbonyl (C=O) groups is 1. The van der Waals surface area contributed by atoms with Gasteiger partial charge in [-0.05, 0) is 62.3 Å². The third-order valence-electron chi connectivity index (χ3n) is 4.24. The minimum Gasteiger partial charge on any atom is -0.455 e. The molecule has 1 amide bonds. The highest BCUT2D eigenvalue weighted by atomic mass is 35.5. The molecule has 25 heavy (non-hydrogen) atoms. The molecule has 1 aliphatic rings. The highest BCUT2D eigenvalue weighted by Gasteiger charge is 2.11. The van der Waals surface area contributed by atoms with E-state index in [4.69, 9.17) is 16.0 Å². The molecule has 1 fully saturated rings. The van der Waals surface area contributed by atoms with Crippen LogP contribution in [0.4, 0.5) is 0 Å². The second-order valence-electron chi connectivity index (χ2n) is 6.15. The Kier molecular flexibility index (Phi) is 6.25. The molecule has 6 heteroatoms. The fraction of sp³-hybridized carbons (Fsp3) is 0.368. The monoisotopic (exact) mass is 359 g/mol. The van der Waals surface area contributed by atoms with E-state index >= 15 is 0 Å². The number of nitrogens with zero attached hydrogens (tertiary/aromatic N) is 2. The van der Waals surface area contributed by atoms with Gasteiger partial charge in [-0.25, -0.2) is 5.43 Å². The highest BCUT2D eigenvalue weighted by molar-refractivity contribution is 6.30. The normalized spacial score (nSPS) is 15.6. The van der Waals surface area contributed by atoms with Crippen molar-refractivity contribution >= 4 is 23.7 Å². The van der Waals surface area contributed by atoms with Gasteiger partial charge in [0.15, 0.2) is 0 Å². The summed E-state index contributed by atoms with van der Waals surface area (Å²) in [4.78, 5) is 14.2. The zero-order valence-corrected chi connectivity index (χ0v) is 14.8. The van der Waals surface area contributed by atoms with E-state index in [2.05, 4.69) is 15.4 Å². The van der Waals surface area contributed by atoms with Crippen LogP contribution in [0.15, 0.2) is 45.9 Å². The second kappa shape index (κ2) is 8.83. The van der Waals surface area contributed by atoms with Gasteiger partial charge in [0.1, 0.15) is 11.5 Å². The lowest BCUT2D eigenvalue weighted by atomic mass is 10.1. The first-order valence-electron chi connectivity index (χ1n) is 8.61. The Morgan fingerprint density at radius 1 is 1.16 bits per heavy atom. The predicted molar refractivity (Wildman–Crippen MR) is 99.8 cm³/mol. The molecule has 0 radical (unpaired) electrons. The van der Waals surface area contributed by atoms with Crippen molar-refractivity contribution in [1.29, 1.82) is 0 Å². The zero-order chi connectivity index (χ0) is 17.5. The van der Waals surface area contributed by atoms with Crippen molar-refractivity contribution in [2.75, 3.05) is 19.6 Å². The number of carbonyl (C=O) groups excluding carboxylic acids is 1. The van der Waals surface area contributed by atoms with E-state index in [-0.39, 0.29) is 5.91 Å². The van der Waals surface area contributed by atoms with Gasteiger partial charge in [0.25, 0.3) is 0 Å². The van der Waals surface area contributed by atoms with Gasteiger partial charge in [0.05, 0.1) is 6.21 Å². The summed E-state index contributed by atoms with van der Waals surface area (Å²) in [6.07, 6.45) is 5.74. The molecule has 1 aliphatic heterocycles. The summed E-state index contributed by atoms with van der Waals surface area (Å²) >= 11 is 5.88. The summed E-state index contributed by atoms with van der Waals surface area (Å²) in [5, 5.41) is 4.65. The minimum absolute atomic E-state index is 0.0775. The van der Waals surface area contributed by atoms with Crippen LogP contribution in [0.3, 0.4) is 0 Å². The van der Waals surface area contributed by atoms with E-state index in [1.165, 1.54) is 25.5 Å². The smallest absolute Gasteiger partial charge is 0.241 e. The maximum atomic E-state index is 11.8. The van der Waals surface area contributed by atoms with Crippen molar-refractivity contribution < 1.29 is 9.21 Å². The van der Waals surface area contributed by atoms with E-state index in [0.717, 1.165) is 31.0 Å². The van der Waals surface area contributed by atoms with Crippen LogP contribution < -0.4 is 5.43 Å². The topological polar surface area (TPSA) is 57.8 Å². The first kappa shape index (κ1) is 17.7. The number of amides is 1. The highest BCUT2D eigenvalue weighted by Crippen LogP contribution is 2.23. The molecule has 3 rings (SSSR count). The summed E-state index contributed by atoms with van der Waals surface area (Å²) in [6, 6.07) is 11.1. The lowest BCUT2D eigenvalue weighted by Gasteiger charge is -2.25. The van der Waals surface area contributed by atoms with Crippen molar-refractivity contribution in [3.63, 3.8) is 0 Å². The van der Waals surface area contributed by atoms with Gasteiger partial charge in [-0.1, -0.05) is 18.0 Å². The molecule has 0 saturated carbocycles. The summed E-state index contributed by atoms with van der Waals surface area (Å²) in [7, 11) is 0. The van der Waals surface area contributed by atoms with E-state index in [9.17, 15) is 4.79 Å². The Hall–Kier alpha value is -2.11. The number of nitrogens with one attached hydrogen (secondary N) is 1. The third kappa shape index (κ3) is 5.44. The average molecular weight is 360 g/mol. The first-order valence-corrected chi connectivity index (χ1v) is 8.98. The number of hydrogen-bond donors (Lipinski definition) is 1. The quantitative estimate of drug-likeness (QED) is 0.628. The van der Waals surface area contributed by atoms with Crippen LogP contribution in [0.25, 0.3) is 11.3 Å². The van der Waals surface area contributed by atoms with E-state index in [0.29, 0.717) is 17.2 Å². The summed E-state index contributed by atoms with van der Waals surface area (Å²) in [6.45, 7) is 2.98. The lowest BCUT2D eigenvalue weighted by Crippen LogP contribution is -2.33. The number of furan rings is 1. The van der Waals surface area contributed by atoms with Crippen molar-refractivity contribution in [1.82, 2.24) is 10.3 Å². The number of hydrogen-bond acceptors (Lipinski definition) is 4. The Morgan fingerprint density at radius 3 is 2.68 bits per heavy atom. The predicted octanol–water partition coefficient (Wildman–Crippen LogP) is 3.93. The van der Waals surface area contributed by atoms with Crippen molar-refractivity contribution in [2.45, 2.75) is 25.7 Å². The van der Waals surface area contributed by atoms with Crippen molar-refractivity contribution in [3.8, 4) is 11.3 Å². The van der Waals surface area contributed by atoms with Gasteiger partial charge in [0, 0.05) is 23.6 Å². The summed E-state index contributed by atoms with van der Waals surface area (Å²) in [5.41, 5.74) is 3.49. The van der Waals surface area contributed by atoms with Gasteiger partial charge >= 0.3 is 0 Å². The Labute approximate surface area is 152 Å².